The topological polar surface area (TPSA) is 121 Å². The molecule has 0 saturated heterocycles. The molecule has 0 amide bonds. The maximum atomic E-state index is 9.21. The summed E-state index contributed by atoms with van der Waals surface area (Å²) in [6, 6.07) is 0. The smallest absolute Gasteiger partial charge is 0.324 e. The van der Waals surface area contributed by atoms with Gasteiger partial charge in [-0.15, -0.1) is 0 Å². The summed E-state index contributed by atoms with van der Waals surface area (Å²) in [5.41, 5.74) is 0. The van der Waals surface area contributed by atoms with E-state index in [0.29, 0.717) is 37.6 Å². The Labute approximate surface area is 243 Å². The molecule has 0 spiro atoms. The van der Waals surface area contributed by atoms with Crippen LogP contribution in [0.25, 0.3) is 0 Å². The lowest BCUT2D eigenvalue weighted by molar-refractivity contribution is 0.121. The first-order valence-corrected chi connectivity index (χ1v) is 18.3. The highest BCUT2D eigenvalue weighted by atomic mass is 31.2. The van der Waals surface area contributed by atoms with Crippen LogP contribution < -0.4 is 0 Å². The van der Waals surface area contributed by atoms with E-state index >= 15 is 0 Å². The first kappa shape index (κ1) is 30.2. The van der Waals surface area contributed by atoms with Crippen LogP contribution in [0.4, 0.5) is 0 Å². The number of aliphatic hydroxyl groups excluding tert-OH is 3. The maximum absolute atomic E-state index is 9.21. The predicted octanol–water partition coefficient (Wildman–Crippen LogP) is 5.34. The van der Waals surface area contributed by atoms with Crippen molar-refractivity contribution in [3.8, 4) is 0 Å². The third-order valence-electron chi connectivity index (χ3n) is 14.4. The van der Waals surface area contributed by atoms with E-state index < -0.39 is 8.60 Å². The molecule has 0 radical (unpaired) electrons. The van der Waals surface area contributed by atoms with Crippen molar-refractivity contribution in [2.75, 3.05) is 19.8 Å². The summed E-state index contributed by atoms with van der Waals surface area (Å²) in [5, 5.41) is 27.6. The van der Waals surface area contributed by atoms with Crippen molar-refractivity contribution in [3.63, 3.8) is 0 Å². The lowest BCUT2D eigenvalue weighted by atomic mass is 9.76. The summed E-state index contributed by atoms with van der Waals surface area (Å²) in [6.07, 6.45) is 21.8. The van der Waals surface area contributed by atoms with Crippen LogP contribution in [0.3, 0.4) is 0 Å². The Morgan fingerprint density at radius 1 is 0.375 bits per heavy atom. The van der Waals surface area contributed by atoms with Crippen LogP contribution in [-0.2, 0) is 0 Å². The molecule has 40 heavy (non-hydrogen) atoms. The van der Waals surface area contributed by atoms with Gasteiger partial charge in [0.1, 0.15) is 0 Å². The van der Waals surface area contributed by atoms with Gasteiger partial charge < -0.3 is 30.0 Å². The molecule has 9 saturated carbocycles. The molecule has 6 N–H and O–H groups in total. The molecule has 7 heteroatoms. The Kier molecular flexibility index (Phi) is 9.86. The Hall–Kier alpha value is 0.190. The molecule has 0 aliphatic heterocycles. The van der Waals surface area contributed by atoms with Crippen molar-refractivity contribution >= 4 is 8.60 Å². The molecule has 9 rings (SSSR count). The average Bonchev–Trinajstić information content (AvgIpc) is 3.80. The van der Waals surface area contributed by atoms with Crippen LogP contribution in [-0.4, -0.2) is 49.8 Å². The largest absolute Gasteiger partial charge is 0.396 e. The van der Waals surface area contributed by atoms with Gasteiger partial charge in [-0.25, -0.2) is 0 Å². The van der Waals surface area contributed by atoms with E-state index in [4.69, 9.17) is 14.7 Å². The lowest BCUT2D eigenvalue weighted by Crippen LogP contribution is -2.26. The van der Waals surface area contributed by atoms with Gasteiger partial charge in [0, 0.05) is 19.8 Å². The zero-order valence-electron chi connectivity index (χ0n) is 24.5. The average molecular weight is 581 g/mol. The minimum absolute atomic E-state index is 0.463. The molecular formula is C33H57O6P. The van der Waals surface area contributed by atoms with E-state index in [9.17, 15) is 15.3 Å². The van der Waals surface area contributed by atoms with E-state index in [1.165, 1.54) is 96.3 Å². The van der Waals surface area contributed by atoms with E-state index in [1.54, 1.807) is 0 Å². The van der Waals surface area contributed by atoms with Crippen molar-refractivity contribution in [1.29, 1.82) is 0 Å². The van der Waals surface area contributed by atoms with Gasteiger partial charge in [-0.2, -0.15) is 0 Å². The molecule has 9 aliphatic rings. The van der Waals surface area contributed by atoms with Gasteiger partial charge in [0.05, 0.1) is 0 Å². The van der Waals surface area contributed by atoms with Gasteiger partial charge in [-0.1, -0.05) is 19.3 Å². The summed E-state index contributed by atoms with van der Waals surface area (Å²) in [6.45, 7) is 1.39. The minimum atomic E-state index is -2.62. The molecule has 6 nitrogen and oxygen atoms in total. The molecule has 0 heterocycles. The molecule has 15 atom stereocenters. The van der Waals surface area contributed by atoms with Crippen LogP contribution in [0.2, 0.25) is 0 Å². The van der Waals surface area contributed by atoms with Crippen LogP contribution >= 0.6 is 8.60 Å². The third-order valence-corrected chi connectivity index (χ3v) is 14.4. The van der Waals surface area contributed by atoms with Gasteiger partial charge in [0.25, 0.3) is 0 Å². The second-order valence-electron chi connectivity index (χ2n) is 15.6. The fraction of sp³-hybridized carbons (Fsp3) is 1.00. The maximum Gasteiger partial charge on any atom is 0.324 e. The SMILES string of the molecule is OCC1CC2CC1C1CCCC21.OCC1CC2CC1C1CCCC21.OCC1CC2CC1C1CCCC21.OP(O)O. The Morgan fingerprint density at radius 2 is 0.625 bits per heavy atom. The Bertz CT molecular complexity index is 718. The third kappa shape index (κ3) is 5.71. The first-order valence-electron chi connectivity index (χ1n) is 17.1. The molecule has 230 valence electrons. The molecule has 15 unspecified atom stereocenters. The fourth-order valence-corrected chi connectivity index (χ4v) is 13.3. The number of rotatable bonds is 3. The highest BCUT2D eigenvalue weighted by Gasteiger charge is 2.55. The minimum Gasteiger partial charge on any atom is -0.396 e. The monoisotopic (exact) mass is 580 g/mol. The summed E-state index contributed by atoms with van der Waals surface area (Å²) >= 11 is 0. The van der Waals surface area contributed by atoms with E-state index in [-0.39, 0.29) is 0 Å². The van der Waals surface area contributed by atoms with Gasteiger partial charge in [-0.05, 0) is 166 Å². The van der Waals surface area contributed by atoms with Gasteiger partial charge >= 0.3 is 8.60 Å². The summed E-state index contributed by atoms with van der Waals surface area (Å²) < 4.78 is 0. The second kappa shape index (κ2) is 13.0. The van der Waals surface area contributed by atoms with Crippen LogP contribution in [0.15, 0.2) is 0 Å². The van der Waals surface area contributed by atoms with E-state index in [2.05, 4.69) is 0 Å². The van der Waals surface area contributed by atoms with Crippen molar-refractivity contribution in [2.45, 2.75) is 96.3 Å². The van der Waals surface area contributed by atoms with Crippen molar-refractivity contribution < 1.29 is 30.0 Å². The Morgan fingerprint density at radius 3 is 0.875 bits per heavy atom. The zero-order chi connectivity index (χ0) is 28.0. The number of fused-ring (bicyclic) bond motifs is 15. The summed E-state index contributed by atoms with van der Waals surface area (Å²) in [5.74, 6) is 14.2. The molecule has 6 bridgehead atoms. The van der Waals surface area contributed by atoms with Crippen molar-refractivity contribution in [2.24, 2.45) is 88.8 Å². The van der Waals surface area contributed by atoms with Gasteiger partial charge in [0.15, 0.2) is 0 Å². The van der Waals surface area contributed by atoms with Crippen LogP contribution in [0, 0.1) is 88.8 Å². The number of hydrogen-bond acceptors (Lipinski definition) is 6. The molecular weight excluding hydrogens is 523 g/mol. The lowest BCUT2D eigenvalue weighted by Gasteiger charge is -2.30. The van der Waals surface area contributed by atoms with Crippen molar-refractivity contribution in [3.05, 3.63) is 0 Å². The number of hydrogen-bond donors (Lipinski definition) is 6. The van der Waals surface area contributed by atoms with Crippen molar-refractivity contribution in [1.82, 2.24) is 0 Å². The zero-order valence-corrected chi connectivity index (χ0v) is 25.4. The highest BCUT2D eigenvalue weighted by molar-refractivity contribution is 7.38. The molecule has 0 aromatic rings. The van der Waals surface area contributed by atoms with Crippen LogP contribution in [0.5, 0.6) is 0 Å². The summed E-state index contributed by atoms with van der Waals surface area (Å²) in [7, 11) is -2.62. The molecule has 9 fully saturated rings. The van der Waals surface area contributed by atoms with Gasteiger partial charge in [-0.3, -0.25) is 0 Å². The molecule has 0 aromatic carbocycles. The fourth-order valence-electron chi connectivity index (χ4n) is 13.3. The van der Waals surface area contributed by atoms with E-state index in [1.807, 2.05) is 0 Å². The normalized spacial score (nSPS) is 51.5. The first-order chi connectivity index (χ1) is 19.4. The van der Waals surface area contributed by atoms with E-state index in [0.717, 1.165) is 71.0 Å². The highest BCUT2D eigenvalue weighted by Crippen LogP contribution is 2.62. The molecule has 9 aliphatic carbocycles. The standard InChI is InChI=1S/3C11H18O.H3O3P/c3*12-6-8-4-7-5-11(8)10-3-1-2-9(7)10;1-4(2)3/h3*7-12H,1-6H2;1-3H. The van der Waals surface area contributed by atoms with Gasteiger partial charge in [0.2, 0.25) is 0 Å². The second-order valence-corrected chi connectivity index (χ2v) is 16.1. The number of aliphatic hydroxyl groups is 3. The predicted molar refractivity (Wildman–Crippen MR) is 156 cm³/mol. The summed E-state index contributed by atoms with van der Waals surface area (Å²) in [4.78, 5) is 21.7. The molecule has 0 aromatic heterocycles. The quantitative estimate of drug-likeness (QED) is 0.251. The Balaban J connectivity index is 0.000000102. The van der Waals surface area contributed by atoms with Crippen LogP contribution in [0.1, 0.15) is 96.3 Å².